The summed E-state index contributed by atoms with van der Waals surface area (Å²) in [6, 6.07) is 52.5. The maximum Gasteiger partial charge on any atom is 0.252 e. The van der Waals surface area contributed by atoms with Crippen molar-refractivity contribution in [3.63, 3.8) is 0 Å². The van der Waals surface area contributed by atoms with Crippen molar-refractivity contribution in [2.45, 2.75) is 52.4 Å². The first-order valence-electron chi connectivity index (χ1n) is 20.9. The van der Waals surface area contributed by atoms with Gasteiger partial charge in [-0.25, -0.2) is 9.97 Å². The molecular weight excluding hydrogens is 715 g/mol. The lowest BCUT2D eigenvalue weighted by Gasteiger charge is -2.34. The molecule has 0 amide bonds. The number of fused-ring (bicyclic) bond motifs is 10. The van der Waals surface area contributed by atoms with E-state index in [2.05, 4.69) is 184 Å². The molecule has 2 aliphatic heterocycles. The SMILES string of the molecule is CC(C)(C)c1ccc2c(c1)c1c(-c3ccccc3)ccc3c1n2-c1cc(-c2ncccn2)cc2c1B3c1ccc(-c3ccccc3)c3c4cc(C(C)(C)C)ccc4n-2c13. The van der Waals surface area contributed by atoms with Crippen molar-refractivity contribution in [1.29, 1.82) is 0 Å². The Morgan fingerprint density at radius 3 is 1.36 bits per heavy atom. The number of rotatable bonds is 3. The van der Waals surface area contributed by atoms with E-state index < -0.39 is 0 Å². The van der Waals surface area contributed by atoms with E-state index in [1.165, 1.54) is 105 Å². The van der Waals surface area contributed by atoms with E-state index in [4.69, 9.17) is 9.97 Å². The van der Waals surface area contributed by atoms with Crippen LogP contribution in [0, 0.1) is 0 Å². The summed E-state index contributed by atoms with van der Waals surface area (Å²) in [7, 11) is 0. The van der Waals surface area contributed by atoms with Crippen LogP contribution in [-0.4, -0.2) is 25.8 Å². The summed E-state index contributed by atoms with van der Waals surface area (Å²) in [5.41, 5.74) is 20.0. The van der Waals surface area contributed by atoms with Gasteiger partial charge in [-0.15, -0.1) is 0 Å². The Balaban J connectivity index is 1.30. The Labute approximate surface area is 344 Å². The molecule has 2 aliphatic rings. The van der Waals surface area contributed by atoms with Gasteiger partial charge in [-0.2, -0.15) is 0 Å². The van der Waals surface area contributed by atoms with Gasteiger partial charge in [0.05, 0.1) is 11.0 Å². The van der Waals surface area contributed by atoms with Gasteiger partial charge in [-0.05, 0) is 103 Å². The highest BCUT2D eigenvalue weighted by atomic mass is 15.0. The lowest BCUT2D eigenvalue weighted by Crippen LogP contribution is -2.59. The van der Waals surface area contributed by atoms with Gasteiger partial charge >= 0.3 is 0 Å². The maximum absolute atomic E-state index is 4.85. The predicted octanol–water partition coefficient (Wildman–Crippen LogP) is 11.4. The minimum atomic E-state index is -0.00872. The number of benzene rings is 7. The molecule has 4 nitrogen and oxygen atoms in total. The molecule has 0 spiro atoms. The topological polar surface area (TPSA) is 35.6 Å². The first-order chi connectivity index (χ1) is 28.6. The first kappa shape index (κ1) is 34.3. The molecule has 10 aromatic rings. The van der Waals surface area contributed by atoms with E-state index in [-0.39, 0.29) is 17.5 Å². The number of hydrogen-bond acceptors (Lipinski definition) is 2. The van der Waals surface area contributed by atoms with E-state index >= 15 is 0 Å². The van der Waals surface area contributed by atoms with E-state index in [9.17, 15) is 0 Å². The molecule has 59 heavy (non-hydrogen) atoms. The smallest absolute Gasteiger partial charge is 0.252 e. The van der Waals surface area contributed by atoms with Gasteiger partial charge in [0, 0.05) is 61.9 Å². The minimum Gasteiger partial charge on any atom is -0.310 e. The van der Waals surface area contributed by atoms with Crippen molar-refractivity contribution in [2.75, 3.05) is 0 Å². The van der Waals surface area contributed by atoms with Gasteiger partial charge in [0.1, 0.15) is 0 Å². The second kappa shape index (κ2) is 11.9. The average Bonchev–Trinajstić information content (AvgIpc) is 3.78. The molecule has 0 aliphatic carbocycles. The molecule has 282 valence electrons. The van der Waals surface area contributed by atoms with Crippen molar-refractivity contribution in [3.05, 3.63) is 163 Å². The van der Waals surface area contributed by atoms with E-state index in [0.29, 0.717) is 0 Å². The van der Waals surface area contributed by atoms with Crippen LogP contribution < -0.4 is 16.4 Å². The van der Waals surface area contributed by atoms with Gasteiger partial charge in [0.2, 0.25) is 0 Å². The summed E-state index contributed by atoms with van der Waals surface area (Å²) < 4.78 is 5.15. The number of hydrogen-bond donors (Lipinski definition) is 0. The second-order valence-corrected chi connectivity index (χ2v) is 18.7. The molecular formula is C54H43BN4. The summed E-state index contributed by atoms with van der Waals surface area (Å²) in [5, 5.41) is 5.18. The normalized spacial score (nSPS) is 13.2. The fourth-order valence-electron chi connectivity index (χ4n) is 10.3. The fourth-order valence-corrected chi connectivity index (χ4v) is 10.3. The average molecular weight is 759 g/mol. The quantitative estimate of drug-likeness (QED) is 0.168. The van der Waals surface area contributed by atoms with Crippen LogP contribution in [0.25, 0.3) is 88.6 Å². The van der Waals surface area contributed by atoms with Crippen LogP contribution in [0.5, 0.6) is 0 Å². The van der Waals surface area contributed by atoms with Crippen molar-refractivity contribution in [1.82, 2.24) is 19.1 Å². The molecule has 7 aromatic carbocycles. The molecule has 0 N–H and O–H groups in total. The predicted molar refractivity (Wildman–Crippen MR) is 249 cm³/mol. The molecule has 5 heteroatoms. The summed E-state index contributed by atoms with van der Waals surface area (Å²) in [5.74, 6) is 0.723. The van der Waals surface area contributed by atoms with Crippen molar-refractivity contribution < 1.29 is 0 Å². The molecule has 5 heterocycles. The highest BCUT2D eigenvalue weighted by molar-refractivity contribution is 7.00. The van der Waals surface area contributed by atoms with Crippen molar-refractivity contribution in [2.24, 2.45) is 0 Å². The van der Waals surface area contributed by atoms with Gasteiger partial charge in [-0.3, -0.25) is 0 Å². The maximum atomic E-state index is 4.85. The zero-order valence-corrected chi connectivity index (χ0v) is 34.3. The Hall–Kier alpha value is -6.72. The third-order valence-corrected chi connectivity index (χ3v) is 13.1. The highest BCUT2D eigenvalue weighted by Crippen LogP contribution is 2.46. The lowest BCUT2D eigenvalue weighted by atomic mass is 9.34. The van der Waals surface area contributed by atoms with Gasteiger partial charge in [-0.1, -0.05) is 139 Å². The van der Waals surface area contributed by atoms with Crippen LogP contribution in [0.15, 0.2) is 152 Å². The molecule has 0 saturated carbocycles. The second-order valence-electron chi connectivity index (χ2n) is 18.7. The van der Waals surface area contributed by atoms with Gasteiger partial charge in [0.15, 0.2) is 5.82 Å². The third-order valence-electron chi connectivity index (χ3n) is 13.1. The van der Waals surface area contributed by atoms with Crippen molar-refractivity contribution in [3.8, 4) is 45.0 Å². The minimum absolute atomic E-state index is 0.00295. The summed E-state index contributed by atoms with van der Waals surface area (Å²) >= 11 is 0. The van der Waals surface area contributed by atoms with Crippen LogP contribution >= 0.6 is 0 Å². The standard InChI is InChI=1S/C54H43BN4/c1-53(2,3)35-18-24-43-39(30-35)47-37(32-14-9-7-10-15-32)20-22-41-50(47)58(43)45-28-34(52-56-26-13-27-57-52)29-46-49(45)55(41)42-23-21-38(33-16-11-8-12-17-33)48-40-31-36(54(4,5)6)19-25-44(40)59(46)51(42)48/h7-31H,1-6H3. The Morgan fingerprint density at radius 2 is 0.915 bits per heavy atom. The fraction of sp³-hybridized carbons (Fsp3) is 0.148. The van der Waals surface area contributed by atoms with E-state index in [1.54, 1.807) is 0 Å². The zero-order chi connectivity index (χ0) is 39.9. The summed E-state index contributed by atoms with van der Waals surface area (Å²) in [4.78, 5) is 9.70. The number of aromatic nitrogens is 4. The van der Waals surface area contributed by atoms with E-state index in [1.807, 2.05) is 18.5 Å². The molecule has 0 fully saturated rings. The van der Waals surface area contributed by atoms with E-state index in [0.717, 1.165) is 11.4 Å². The largest absolute Gasteiger partial charge is 0.310 e. The zero-order valence-electron chi connectivity index (χ0n) is 34.3. The van der Waals surface area contributed by atoms with Gasteiger partial charge < -0.3 is 9.13 Å². The summed E-state index contributed by atoms with van der Waals surface area (Å²) in [6.07, 6.45) is 3.71. The lowest BCUT2D eigenvalue weighted by molar-refractivity contribution is 0.591. The monoisotopic (exact) mass is 758 g/mol. The molecule has 0 bridgehead atoms. The third kappa shape index (κ3) is 4.79. The Morgan fingerprint density at radius 1 is 0.458 bits per heavy atom. The molecule has 0 atom stereocenters. The molecule has 3 aromatic heterocycles. The van der Waals surface area contributed by atoms with Gasteiger partial charge in [0.25, 0.3) is 6.71 Å². The van der Waals surface area contributed by atoms with Crippen LogP contribution in [0.4, 0.5) is 0 Å². The first-order valence-corrected chi connectivity index (χ1v) is 20.9. The molecule has 0 unspecified atom stereocenters. The Bertz CT molecular complexity index is 3180. The van der Waals surface area contributed by atoms with Crippen LogP contribution in [0.1, 0.15) is 52.7 Å². The molecule has 0 radical (unpaired) electrons. The summed E-state index contributed by atoms with van der Waals surface area (Å²) in [6.45, 7) is 13.9. The number of nitrogens with zero attached hydrogens (tertiary/aromatic N) is 4. The van der Waals surface area contributed by atoms with Crippen molar-refractivity contribution >= 4 is 66.7 Å². The molecule has 0 saturated heterocycles. The van der Waals surface area contributed by atoms with Crippen LogP contribution in [-0.2, 0) is 10.8 Å². The molecule has 12 rings (SSSR count). The Kier molecular flexibility index (Phi) is 6.94. The van der Waals surface area contributed by atoms with Crippen LogP contribution in [0.2, 0.25) is 0 Å². The highest BCUT2D eigenvalue weighted by Gasteiger charge is 2.42. The van der Waals surface area contributed by atoms with Crippen LogP contribution in [0.3, 0.4) is 0 Å².